The molecule has 1 aliphatic rings. The smallest absolute Gasteiger partial charge is 0.340 e. The topological polar surface area (TPSA) is 72.6 Å². The number of rotatable bonds is 5. The number of hydrogen-bond donors (Lipinski definition) is 0. The number of esters is 1. The lowest BCUT2D eigenvalue weighted by Crippen LogP contribution is -2.40. The summed E-state index contributed by atoms with van der Waals surface area (Å²) in [6.45, 7) is 3.28. The lowest BCUT2D eigenvalue weighted by molar-refractivity contribution is -0.128. The van der Waals surface area contributed by atoms with Gasteiger partial charge in [0.1, 0.15) is 5.52 Å². The fraction of sp³-hybridized carbons (Fsp3) is 0.318. The molecule has 1 atom stereocenters. The Labute approximate surface area is 171 Å². The second-order valence-corrected chi connectivity index (χ2v) is 7.49. The van der Waals surface area contributed by atoms with Gasteiger partial charge in [-0.15, -0.1) is 0 Å². The first-order valence-electron chi connectivity index (χ1n) is 9.51. The summed E-state index contributed by atoms with van der Waals surface area (Å²) < 4.78 is 40.8. The molecule has 0 bridgehead atoms. The van der Waals surface area contributed by atoms with E-state index in [-0.39, 0.29) is 23.4 Å². The van der Waals surface area contributed by atoms with Gasteiger partial charge in [0.25, 0.3) is 5.89 Å². The number of hydrogen-bond acceptors (Lipinski definition) is 5. The molecule has 0 saturated carbocycles. The lowest BCUT2D eigenvalue weighted by Gasteiger charge is -2.26. The number of para-hydroxylation sites is 3. The zero-order valence-electron chi connectivity index (χ0n) is 16.7. The Morgan fingerprint density at radius 2 is 1.97 bits per heavy atom. The molecule has 1 amide bonds. The van der Waals surface area contributed by atoms with Crippen LogP contribution in [0.3, 0.4) is 0 Å². The number of nitrogens with zero attached hydrogens (tertiary/aromatic N) is 2. The van der Waals surface area contributed by atoms with Crippen LogP contribution in [0, 0.1) is 0 Å². The number of alkyl halides is 2. The average Bonchev–Trinajstić information content (AvgIpc) is 3.23. The first-order valence-corrected chi connectivity index (χ1v) is 9.51. The molecule has 0 N–H and O–H groups in total. The summed E-state index contributed by atoms with van der Waals surface area (Å²) in [7, 11) is 1.47. The molecule has 0 aliphatic carbocycles. The molecule has 1 aromatic heterocycles. The zero-order chi connectivity index (χ0) is 21.7. The number of ether oxygens (including phenoxy) is 1. The number of amides is 1. The van der Waals surface area contributed by atoms with Crippen molar-refractivity contribution in [3.63, 3.8) is 0 Å². The number of aromatic nitrogens is 1. The largest absolute Gasteiger partial charge is 0.462 e. The van der Waals surface area contributed by atoms with E-state index < -0.39 is 35.5 Å². The number of fused-ring (bicyclic) bond motifs is 2. The summed E-state index contributed by atoms with van der Waals surface area (Å²) in [6.07, 6.45) is -0.852. The summed E-state index contributed by atoms with van der Waals surface area (Å²) >= 11 is 0. The van der Waals surface area contributed by atoms with Gasteiger partial charge in [0, 0.05) is 13.5 Å². The first kappa shape index (κ1) is 20.0. The highest BCUT2D eigenvalue weighted by molar-refractivity contribution is 6.12. The van der Waals surface area contributed by atoms with E-state index in [2.05, 4.69) is 4.98 Å². The van der Waals surface area contributed by atoms with E-state index in [1.807, 2.05) is 0 Å². The molecule has 0 fully saturated rings. The standard InChI is InChI=1S/C22H20F2N2O4/c1-4-29-18(27)13-8-7-9-14-17(13)26(3)20(28)21(14,2)12-22(23,24)19-25-15-10-5-6-11-16(15)30-19/h5-11H,4,12H2,1-3H3. The van der Waals surface area contributed by atoms with E-state index in [0.717, 1.165) is 0 Å². The minimum absolute atomic E-state index is 0.160. The van der Waals surface area contributed by atoms with Crippen molar-refractivity contribution in [1.29, 1.82) is 0 Å². The molecular weight excluding hydrogens is 394 g/mol. The van der Waals surface area contributed by atoms with Crippen molar-refractivity contribution >= 4 is 28.7 Å². The highest BCUT2D eigenvalue weighted by Gasteiger charge is 2.55. The van der Waals surface area contributed by atoms with Gasteiger partial charge in [0.2, 0.25) is 5.91 Å². The summed E-state index contributed by atoms with van der Waals surface area (Å²) in [5.74, 6) is -5.39. The fourth-order valence-electron chi connectivity index (χ4n) is 4.03. The second-order valence-electron chi connectivity index (χ2n) is 7.49. The van der Waals surface area contributed by atoms with Crippen molar-refractivity contribution in [3.05, 3.63) is 59.5 Å². The molecular formula is C22H20F2N2O4. The Morgan fingerprint density at radius 3 is 2.67 bits per heavy atom. The molecule has 156 valence electrons. The van der Waals surface area contributed by atoms with Gasteiger partial charge >= 0.3 is 11.9 Å². The SMILES string of the molecule is CCOC(=O)c1cccc2c1N(C)C(=O)C2(C)CC(F)(F)c1nc2ccccc2o1. The predicted molar refractivity (Wildman–Crippen MR) is 106 cm³/mol. The van der Waals surface area contributed by atoms with E-state index >= 15 is 8.78 Å². The van der Waals surface area contributed by atoms with E-state index in [0.29, 0.717) is 11.1 Å². The van der Waals surface area contributed by atoms with Crippen LogP contribution in [0.15, 0.2) is 46.9 Å². The van der Waals surface area contributed by atoms with E-state index in [9.17, 15) is 9.59 Å². The van der Waals surface area contributed by atoms with Crippen LogP contribution in [0.2, 0.25) is 0 Å². The van der Waals surface area contributed by atoms with Crippen molar-refractivity contribution in [3.8, 4) is 0 Å². The summed E-state index contributed by atoms with van der Waals surface area (Å²) in [5, 5.41) is 0. The quantitative estimate of drug-likeness (QED) is 0.578. The Hall–Kier alpha value is -3.29. The van der Waals surface area contributed by atoms with E-state index in [1.54, 1.807) is 43.3 Å². The number of carbonyl (C=O) groups excluding carboxylic acids is 2. The third kappa shape index (κ3) is 2.94. The maximum Gasteiger partial charge on any atom is 0.340 e. The van der Waals surface area contributed by atoms with Gasteiger partial charge in [-0.25, -0.2) is 9.78 Å². The monoisotopic (exact) mass is 414 g/mol. The van der Waals surface area contributed by atoms with Crippen molar-refractivity contribution in [1.82, 2.24) is 4.98 Å². The van der Waals surface area contributed by atoms with E-state index in [1.165, 1.54) is 24.9 Å². The number of oxazole rings is 1. The maximum atomic E-state index is 15.2. The molecule has 0 spiro atoms. The summed E-state index contributed by atoms with van der Waals surface area (Å²) in [4.78, 5) is 30.6. The van der Waals surface area contributed by atoms with Crippen LogP contribution >= 0.6 is 0 Å². The Balaban J connectivity index is 1.77. The Kier molecular flexibility index (Phi) is 4.60. The number of benzene rings is 2. The third-order valence-electron chi connectivity index (χ3n) is 5.42. The minimum atomic E-state index is -3.51. The molecule has 0 saturated heterocycles. The van der Waals surface area contributed by atoms with Crippen molar-refractivity contribution in [2.24, 2.45) is 0 Å². The third-order valence-corrected chi connectivity index (χ3v) is 5.42. The number of anilines is 1. The highest BCUT2D eigenvalue weighted by atomic mass is 19.3. The number of carbonyl (C=O) groups is 2. The summed E-state index contributed by atoms with van der Waals surface area (Å²) in [5.41, 5.74) is -0.210. The van der Waals surface area contributed by atoms with Gasteiger partial charge < -0.3 is 14.1 Å². The minimum Gasteiger partial charge on any atom is -0.462 e. The summed E-state index contributed by atoms with van der Waals surface area (Å²) in [6, 6.07) is 11.1. The first-order chi connectivity index (χ1) is 14.2. The van der Waals surface area contributed by atoms with Gasteiger partial charge in [0.05, 0.1) is 23.3 Å². The van der Waals surface area contributed by atoms with Gasteiger partial charge in [-0.05, 0) is 37.6 Å². The molecule has 2 heterocycles. The predicted octanol–water partition coefficient (Wildman–Crippen LogP) is 4.42. The van der Waals surface area contributed by atoms with Gasteiger partial charge in [-0.2, -0.15) is 8.78 Å². The van der Waals surface area contributed by atoms with Gasteiger partial charge in [0.15, 0.2) is 5.58 Å². The van der Waals surface area contributed by atoms with Crippen LogP contribution in [-0.4, -0.2) is 30.5 Å². The molecule has 1 unspecified atom stereocenters. The lowest BCUT2D eigenvalue weighted by atomic mass is 9.78. The van der Waals surface area contributed by atoms with Crippen LogP contribution in [0.5, 0.6) is 0 Å². The molecule has 1 aliphatic heterocycles. The molecule has 2 aromatic carbocycles. The molecule has 8 heteroatoms. The number of likely N-dealkylation sites (N-methyl/N-ethyl adjacent to an activating group) is 1. The average molecular weight is 414 g/mol. The van der Waals surface area contributed by atoms with Crippen LogP contribution in [0.4, 0.5) is 14.5 Å². The van der Waals surface area contributed by atoms with Gasteiger partial charge in [-0.3, -0.25) is 4.79 Å². The second kappa shape index (κ2) is 6.90. The molecule has 0 radical (unpaired) electrons. The Morgan fingerprint density at radius 1 is 1.23 bits per heavy atom. The van der Waals surface area contributed by atoms with Crippen molar-refractivity contribution in [2.45, 2.75) is 31.6 Å². The van der Waals surface area contributed by atoms with Crippen LogP contribution in [0.25, 0.3) is 11.1 Å². The van der Waals surface area contributed by atoms with Crippen LogP contribution < -0.4 is 4.90 Å². The highest BCUT2D eigenvalue weighted by Crippen LogP contribution is 2.50. The van der Waals surface area contributed by atoms with Crippen LogP contribution in [-0.2, 0) is 20.9 Å². The Bertz CT molecular complexity index is 1120. The normalized spacial score (nSPS) is 18.7. The molecule has 6 nitrogen and oxygen atoms in total. The number of halogens is 2. The molecule has 3 aromatic rings. The zero-order valence-corrected chi connectivity index (χ0v) is 16.7. The van der Waals surface area contributed by atoms with Gasteiger partial charge in [-0.1, -0.05) is 24.3 Å². The van der Waals surface area contributed by atoms with Crippen molar-refractivity contribution in [2.75, 3.05) is 18.6 Å². The molecule has 30 heavy (non-hydrogen) atoms. The fourth-order valence-corrected chi connectivity index (χ4v) is 4.03. The van der Waals surface area contributed by atoms with Crippen molar-refractivity contribution < 1.29 is 27.5 Å². The molecule has 4 rings (SSSR count). The van der Waals surface area contributed by atoms with E-state index in [4.69, 9.17) is 9.15 Å². The maximum absolute atomic E-state index is 15.2. The van der Waals surface area contributed by atoms with Crippen LogP contribution in [0.1, 0.15) is 42.1 Å².